The molecule has 0 radical (unpaired) electrons. The molecule has 0 saturated heterocycles. The summed E-state index contributed by atoms with van der Waals surface area (Å²) in [5.74, 6) is 0.608. The van der Waals surface area contributed by atoms with E-state index in [9.17, 15) is 9.59 Å². The summed E-state index contributed by atoms with van der Waals surface area (Å²) in [6.45, 7) is 3.86. The van der Waals surface area contributed by atoms with Gasteiger partial charge in [0.15, 0.2) is 0 Å². The number of fused-ring (bicyclic) bond motifs is 6. The molecule has 5 aromatic rings. The number of pyridine rings is 2. The molecule has 0 aromatic carbocycles. The van der Waals surface area contributed by atoms with Crippen LogP contribution in [0.2, 0.25) is 0 Å². The van der Waals surface area contributed by atoms with Crippen molar-refractivity contribution >= 4 is 49.7 Å². The fourth-order valence-electron chi connectivity index (χ4n) is 4.96. The number of nitrogens with zero attached hydrogens (tertiary/aromatic N) is 5. The molecule has 12 heteroatoms. The van der Waals surface area contributed by atoms with Crippen molar-refractivity contribution in [2.24, 2.45) is 0 Å². The SMILES string of the molecule is CC1(NCC(=O)Nc2cnc3c(c2)[nH]c(=O)c2c3nn3cc(-c4cnn5c4OCCC5)sc23)CCC1. The van der Waals surface area contributed by atoms with Crippen LogP contribution < -0.4 is 20.9 Å². The second kappa shape index (κ2) is 7.87. The minimum absolute atomic E-state index is 0.0498. The van der Waals surface area contributed by atoms with Gasteiger partial charge >= 0.3 is 0 Å². The number of aromatic nitrogens is 6. The summed E-state index contributed by atoms with van der Waals surface area (Å²) in [5.41, 5.74) is 2.85. The van der Waals surface area contributed by atoms with Gasteiger partial charge in [-0.3, -0.25) is 14.6 Å². The van der Waals surface area contributed by atoms with Crippen LogP contribution >= 0.6 is 11.3 Å². The molecule has 1 aliphatic heterocycles. The minimum atomic E-state index is -0.251. The van der Waals surface area contributed by atoms with Gasteiger partial charge in [0.25, 0.3) is 5.56 Å². The second-order valence-corrected chi connectivity index (χ2v) is 10.8. The molecule has 0 bridgehead atoms. The zero-order valence-corrected chi connectivity index (χ0v) is 20.4. The third kappa shape index (κ3) is 3.39. The number of nitrogens with one attached hydrogen (secondary N) is 3. The Morgan fingerprint density at radius 3 is 3.00 bits per heavy atom. The molecule has 1 amide bonds. The molecular weight excluding hydrogens is 480 g/mol. The predicted molar refractivity (Wildman–Crippen MR) is 137 cm³/mol. The van der Waals surface area contributed by atoms with E-state index < -0.39 is 0 Å². The Kier molecular flexibility index (Phi) is 4.70. The van der Waals surface area contributed by atoms with Crippen molar-refractivity contribution < 1.29 is 9.53 Å². The molecule has 7 rings (SSSR count). The van der Waals surface area contributed by atoms with Crippen molar-refractivity contribution in [1.82, 2.24) is 34.7 Å². The van der Waals surface area contributed by atoms with Crippen molar-refractivity contribution in [2.75, 3.05) is 18.5 Å². The minimum Gasteiger partial charge on any atom is -0.477 e. The smallest absolute Gasteiger partial charge is 0.261 e. The van der Waals surface area contributed by atoms with E-state index >= 15 is 0 Å². The molecule has 3 N–H and O–H groups in total. The lowest BCUT2D eigenvalue weighted by Gasteiger charge is -2.39. The third-order valence-corrected chi connectivity index (χ3v) is 8.26. The number of anilines is 1. The van der Waals surface area contributed by atoms with Gasteiger partial charge in [-0.15, -0.1) is 11.3 Å². The quantitative estimate of drug-likeness (QED) is 0.335. The van der Waals surface area contributed by atoms with Crippen LogP contribution in [0.15, 0.2) is 29.5 Å². The van der Waals surface area contributed by atoms with Crippen LogP contribution in [0.5, 0.6) is 5.88 Å². The molecule has 1 aliphatic carbocycles. The Hall–Kier alpha value is -3.77. The van der Waals surface area contributed by atoms with E-state index in [0.29, 0.717) is 34.2 Å². The lowest BCUT2D eigenvalue weighted by atomic mass is 9.78. The van der Waals surface area contributed by atoms with Crippen LogP contribution in [0.3, 0.4) is 0 Å². The van der Waals surface area contributed by atoms with Gasteiger partial charge in [-0.2, -0.15) is 10.2 Å². The van der Waals surface area contributed by atoms with Crippen LogP contribution in [0.25, 0.3) is 37.2 Å². The Balaban J connectivity index is 1.21. The van der Waals surface area contributed by atoms with E-state index in [0.717, 1.165) is 47.0 Å². The monoisotopic (exact) mass is 504 g/mol. The number of thiazole rings is 1. The Bertz CT molecular complexity index is 1720. The maximum Gasteiger partial charge on any atom is 0.261 e. The topological polar surface area (TPSA) is 131 Å². The molecule has 0 spiro atoms. The number of aryl methyl sites for hydroxylation is 1. The molecule has 2 aliphatic rings. The highest BCUT2D eigenvalue weighted by Crippen LogP contribution is 2.38. The molecule has 6 heterocycles. The number of aromatic amines is 1. The zero-order valence-electron chi connectivity index (χ0n) is 19.6. The van der Waals surface area contributed by atoms with Crippen LogP contribution in [-0.2, 0) is 11.3 Å². The number of hydrogen-bond acceptors (Lipinski definition) is 8. The molecule has 1 saturated carbocycles. The van der Waals surface area contributed by atoms with Crippen LogP contribution in [0.4, 0.5) is 5.69 Å². The summed E-state index contributed by atoms with van der Waals surface area (Å²) in [6.07, 6.45) is 9.57. The number of rotatable bonds is 5. The maximum absolute atomic E-state index is 13.1. The molecule has 11 nitrogen and oxygen atoms in total. The summed E-state index contributed by atoms with van der Waals surface area (Å²) in [6, 6.07) is 1.72. The summed E-state index contributed by atoms with van der Waals surface area (Å²) >= 11 is 1.47. The Morgan fingerprint density at radius 1 is 1.28 bits per heavy atom. The largest absolute Gasteiger partial charge is 0.477 e. The first-order valence-corrected chi connectivity index (χ1v) is 12.9. The van der Waals surface area contributed by atoms with Gasteiger partial charge in [-0.05, 0) is 32.3 Å². The molecular formula is C24H24N8O3S. The Morgan fingerprint density at radius 2 is 2.17 bits per heavy atom. The molecule has 0 unspecified atom stereocenters. The summed E-state index contributed by atoms with van der Waals surface area (Å²) in [7, 11) is 0. The van der Waals surface area contributed by atoms with Gasteiger partial charge in [0.2, 0.25) is 11.8 Å². The summed E-state index contributed by atoms with van der Waals surface area (Å²) in [5, 5.41) is 15.8. The van der Waals surface area contributed by atoms with Crippen molar-refractivity contribution in [3.05, 3.63) is 35.0 Å². The van der Waals surface area contributed by atoms with E-state index in [2.05, 4.69) is 37.7 Å². The highest BCUT2D eigenvalue weighted by atomic mass is 32.1. The normalized spacial score (nSPS) is 16.7. The third-order valence-electron chi connectivity index (χ3n) is 7.13. The molecule has 36 heavy (non-hydrogen) atoms. The van der Waals surface area contributed by atoms with E-state index in [1.54, 1.807) is 23.0 Å². The number of amides is 1. The number of carbonyl (C=O) groups is 1. The highest BCUT2D eigenvalue weighted by molar-refractivity contribution is 7.21. The predicted octanol–water partition coefficient (Wildman–Crippen LogP) is 2.90. The number of carbonyl (C=O) groups excluding carboxylic acids is 1. The van der Waals surface area contributed by atoms with E-state index in [1.807, 2.05) is 10.9 Å². The molecule has 1 fully saturated rings. The molecule has 184 valence electrons. The van der Waals surface area contributed by atoms with Gasteiger partial charge in [0, 0.05) is 24.7 Å². The molecule has 5 aromatic heterocycles. The average Bonchev–Trinajstić information content (AvgIpc) is 3.54. The highest BCUT2D eigenvalue weighted by Gasteiger charge is 2.31. The van der Waals surface area contributed by atoms with Crippen LogP contribution in [0, 0.1) is 0 Å². The lowest BCUT2D eigenvalue weighted by molar-refractivity contribution is -0.115. The van der Waals surface area contributed by atoms with Crippen LogP contribution in [0.1, 0.15) is 32.6 Å². The number of ether oxygens (including phenoxy) is 1. The van der Waals surface area contributed by atoms with Crippen molar-refractivity contribution in [2.45, 2.75) is 44.7 Å². The fraction of sp³-hybridized carbons (Fsp3) is 0.375. The Labute approximate surface area is 208 Å². The van der Waals surface area contributed by atoms with Gasteiger partial charge in [-0.25, -0.2) is 9.20 Å². The lowest BCUT2D eigenvalue weighted by Crippen LogP contribution is -2.50. The zero-order chi connectivity index (χ0) is 24.4. The van der Waals surface area contributed by atoms with Gasteiger partial charge in [-0.1, -0.05) is 0 Å². The molecule has 0 atom stereocenters. The van der Waals surface area contributed by atoms with Crippen molar-refractivity contribution in [3.8, 4) is 16.3 Å². The number of hydrogen-bond donors (Lipinski definition) is 3. The van der Waals surface area contributed by atoms with E-state index in [4.69, 9.17) is 4.74 Å². The van der Waals surface area contributed by atoms with Gasteiger partial charge in [0.1, 0.15) is 21.3 Å². The van der Waals surface area contributed by atoms with E-state index in [-0.39, 0.29) is 23.6 Å². The second-order valence-electron chi connectivity index (χ2n) is 9.75. The standard InChI is InChI=1S/C24H24N8O3S/c1-24(4-2-5-24)26-11-17(33)28-13-8-15-19(25-9-13)20-18(21(34)29-15)23-32(30-20)12-16(36-23)14-10-27-31-6-3-7-35-22(14)31/h8-10,12,26H,2-7,11H2,1H3,(H,28,33)(H,29,34). The number of H-pyrrole nitrogens is 1. The first-order chi connectivity index (χ1) is 17.5. The summed E-state index contributed by atoms with van der Waals surface area (Å²) < 4.78 is 9.42. The first-order valence-electron chi connectivity index (χ1n) is 12.1. The van der Waals surface area contributed by atoms with Gasteiger partial charge < -0.3 is 20.4 Å². The summed E-state index contributed by atoms with van der Waals surface area (Å²) in [4.78, 5) is 34.6. The fourth-order valence-corrected chi connectivity index (χ4v) is 6.05. The van der Waals surface area contributed by atoms with Crippen molar-refractivity contribution in [1.29, 1.82) is 0 Å². The van der Waals surface area contributed by atoms with E-state index in [1.165, 1.54) is 17.8 Å². The van der Waals surface area contributed by atoms with Crippen molar-refractivity contribution in [3.63, 3.8) is 0 Å². The first kappa shape index (κ1) is 21.5. The maximum atomic E-state index is 13.1. The van der Waals surface area contributed by atoms with Crippen LogP contribution in [-0.4, -0.2) is 54.0 Å². The average molecular weight is 505 g/mol. The van der Waals surface area contributed by atoms with Gasteiger partial charge in [0.05, 0.1) is 47.2 Å².